The van der Waals surface area contributed by atoms with Crippen molar-refractivity contribution in [1.82, 2.24) is 0 Å². The number of anilines is 3. The minimum absolute atomic E-state index is 0.0272. The van der Waals surface area contributed by atoms with Crippen molar-refractivity contribution in [3.63, 3.8) is 0 Å². The van der Waals surface area contributed by atoms with E-state index >= 15 is 0 Å². The van der Waals surface area contributed by atoms with Crippen LogP contribution in [0.1, 0.15) is 82.8 Å². The summed E-state index contributed by atoms with van der Waals surface area (Å²) in [4.78, 5) is 13.9. The van der Waals surface area contributed by atoms with Crippen molar-refractivity contribution in [2.24, 2.45) is 0 Å². The first-order chi connectivity index (χ1) is 15.0. The maximum absolute atomic E-state index is 11.4. The lowest BCUT2D eigenvalue weighted by molar-refractivity contribution is -0.137. The summed E-state index contributed by atoms with van der Waals surface area (Å²) in [7, 11) is 0. The normalized spacial score (nSPS) is 15.5. The van der Waals surface area contributed by atoms with E-state index in [0.29, 0.717) is 6.04 Å². The monoisotopic (exact) mass is 422 g/mol. The van der Waals surface area contributed by atoms with Crippen LogP contribution in [0.25, 0.3) is 0 Å². The Hall–Kier alpha value is -2.49. The zero-order valence-corrected chi connectivity index (χ0v) is 19.4. The van der Waals surface area contributed by atoms with Gasteiger partial charge in [-0.1, -0.05) is 51.3 Å². The van der Waals surface area contributed by atoms with Gasteiger partial charge in [-0.3, -0.25) is 4.79 Å². The minimum Gasteiger partial charge on any atom is -0.481 e. The van der Waals surface area contributed by atoms with E-state index in [9.17, 15) is 9.90 Å². The molecule has 4 heteroatoms. The molecule has 2 aromatic carbocycles. The van der Waals surface area contributed by atoms with E-state index in [-0.39, 0.29) is 12.3 Å². The molecule has 31 heavy (non-hydrogen) atoms. The number of carboxylic acid groups (broad SMARTS) is 1. The first kappa shape index (κ1) is 23.2. The van der Waals surface area contributed by atoms with Crippen LogP contribution in [0.15, 0.2) is 42.5 Å². The van der Waals surface area contributed by atoms with Crippen LogP contribution in [0.2, 0.25) is 0 Å². The molecular formula is C27H38N2O2. The van der Waals surface area contributed by atoms with Crippen LogP contribution in [0.4, 0.5) is 17.1 Å². The molecular weight excluding hydrogens is 384 g/mol. The quantitative estimate of drug-likeness (QED) is 0.428. The summed E-state index contributed by atoms with van der Waals surface area (Å²) in [5.41, 5.74) is 5.80. The smallest absolute Gasteiger partial charge is 0.303 e. The molecule has 168 valence electrons. The van der Waals surface area contributed by atoms with Gasteiger partial charge in [-0.15, -0.1) is 0 Å². The van der Waals surface area contributed by atoms with E-state index < -0.39 is 5.97 Å². The number of hydrogen-bond donors (Lipinski definition) is 2. The average molecular weight is 423 g/mol. The molecule has 1 atom stereocenters. The van der Waals surface area contributed by atoms with E-state index in [1.54, 1.807) is 0 Å². The van der Waals surface area contributed by atoms with Crippen molar-refractivity contribution >= 4 is 23.0 Å². The fourth-order valence-corrected chi connectivity index (χ4v) is 4.86. The number of nitrogens with one attached hydrogen (secondary N) is 1. The summed E-state index contributed by atoms with van der Waals surface area (Å²) in [5.74, 6) is -0.711. The molecule has 0 radical (unpaired) electrons. The molecule has 4 nitrogen and oxygen atoms in total. The lowest BCUT2D eigenvalue weighted by atomic mass is 9.91. The van der Waals surface area contributed by atoms with E-state index in [0.717, 1.165) is 36.3 Å². The standard InChI is InChI=1S/C27H38N2O2/c1-4-20-12-15-23(16-13-20)28-25-18-22(21(5-2)19-27(30)31)14-17-26(25)29(6-3)24-10-8-7-9-11-24/h12-18,21,24,28H,4-11,19H2,1-3H3,(H,30,31)/t21-/m0/s1. The Bertz CT molecular complexity index is 841. The Kier molecular flexibility index (Phi) is 8.39. The molecule has 1 saturated carbocycles. The number of rotatable bonds is 10. The number of nitrogens with zero attached hydrogens (tertiary/aromatic N) is 1. The van der Waals surface area contributed by atoms with Gasteiger partial charge in [0.1, 0.15) is 0 Å². The van der Waals surface area contributed by atoms with E-state index in [1.807, 2.05) is 0 Å². The van der Waals surface area contributed by atoms with Crippen LogP contribution in [0, 0.1) is 0 Å². The van der Waals surface area contributed by atoms with E-state index in [4.69, 9.17) is 0 Å². The Balaban J connectivity index is 1.97. The van der Waals surface area contributed by atoms with Crippen molar-refractivity contribution < 1.29 is 9.90 Å². The molecule has 1 fully saturated rings. The topological polar surface area (TPSA) is 52.6 Å². The fraction of sp³-hybridized carbons (Fsp3) is 0.519. The molecule has 0 aliphatic heterocycles. The number of aryl methyl sites for hydroxylation is 1. The third-order valence-corrected chi connectivity index (χ3v) is 6.71. The lowest BCUT2D eigenvalue weighted by Crippen LogP contribution is -2.37. The number of carbonyl (C=O) groups is 1. The van der Waals surface area contributed by atoms with Gasteiger partial charge >= 0.3 is 5.97 Å². The van der Waals surface area contributed by atoms with Crippen LogP contribution >= 0.6 is 0 Å². The molecule has 0 saturated heterocycles. The highest BCUT2D eigenvalue weighted by atomic mass is 16.4. The molecule has 1 aliphatic carbocycles. The van der Waals surface area contributed by atoms with E-state index in [1.165, 1.54) is 43.4 Å². The molecule has 0 aromatic heterocycles. The zero-order chi connectivity index (χ0) is 22.2. The molecule has 2 N–H and O–H groups in total. The van der Waals surface area contributed by atoms with Gasteiger partial charge in [0.25, 0.3) is 0 Å². The van der Waals surface area contributed by atoms with Gasteiger partial charge in [0, 0.05) is 18.3 Å². The summed E-state index contributed by atoms with van der Waals surface area (Å²) in [6, 6.07) is 15.7. The Morgan fingerprint density at radius 3 is 2.35 bits per heavy atom. The second kappa shape index (κ2) is 11.2. The molecule has 0 spiro atoms. The van der Waals surface area contributed by atoms with Crippen molar-refractivity contribution in [2.45, 2.75) is 84.1 Å². The highest BCUT2D eigenvalue weighted by Crippen LogP contribution is 2.37. The van der Waals surface area contributed by atoms with Crippen LogP contribution in [0.3, 0.4) is 0 Å². The first-order valence-electron chi connectivity index (χ1n) is 12.0. The summed E-state index contributed by atoms with van der Waals surface area (Å²) in [5, 5.41) is 13.0. The SMILES string of the molecule is CCc1ccc(Nc2cc([C@@H](CC)CC(=O)O)ccc2N(CC)C2CCCCC2)cc1. The van der Waals surface area contributed by atoms with Gasteiger partial charge in [0.05, 0.1) is 17.8 Å². The van der Waals surface area contributed by atoms with Crippen LogP contribution in [-0.4, -0.2) is 23.7 Å². The minimum atomic E-state index is -0.738. The van der Waals surface area contributed by atoms with Gasteiger partial charge in [0.2, 0.25) is 0 Å². The molecule has 0 unspecified atom stereocenters. The molecule has 2 aromatic rings. The summed E-state index contributed by atoms with van der Waals surface area (Å²) >= 11 is 0. The molecule has 1 aliphatic rings. The van der Waals surface area contributed by atoms with Crippen LogP contribution in [0.5, 0.6) is 0 Å². The van der Waals surface area contributed by atoms with Gasteiger partial charge in [-0.05, 0) is 73.9 Å². The Morgan fingerprint density at radius 1 is 1.06 bits per heavy atom. The Labute approximate surface area is 187 Å². The third kappa shape index (κ3) is 6.03. The van der Waals surface area contributed by atoms with Crippen molar-refractivity contribution in [1.29, 1.82) is 0 Å². The highest BCUT2D eigenvalue weighted by Gasteiger charge is 2.23. The largest absolute Gasteiger partial charge is 0.481 e. The number of aliphatic carboxylic acids is 1. The molecule has 0 bridgehead atoms. The van der Waals surface area contributed by atoms with Gasteiger partial charge in [-0.25, -0.2) is 0 Å². The summed E-state index contributed by atoms with van der Waals surface area (Å²) in [6.45, 7) is 7.44. The number of benzene rings is 2. The third-order valence-electron chi connectivity index (χ3n) is 6.71. The second-order valence-corrected chi connectivity index (χ2v) is 8.73. The zero-order valence-electron chi connectivity index (χ0n) is 19.4. The second-order valence-electron chi connectivity index (χ2n) is 8.73. The predicted octanol–water partition coefficient (Wildman–Crippen LogP) is 7.12. The fourth-order valence-electron chi connectivity index (χ4n) is 4.86. The number of carboxylic acids is 1. The molecule has 0 heterocycles. The maximum Gasteiger partial charge on any atom is 0.303 e. The lowest BCUT2D eigenvalue weighted by Gasteiger charge is -2.37. The van der Waals surface area contributed by atoms with Gasteiger partial charge < -0.3 is 15.3 Å². The van der Waals surface area contributed by atoms with Crippen molar-refractivity contribution in [3.8, 4) is 0 Å². The van der Waals surface area contributed by atoms with Gasteiger partial charge in [-0.2, -0.15) is 0 Å². The molecule has 3 rings (SSSR count). The van der Waals surface area contributed by atoms with Crippen LogP contribution in [-0.2, 0) is 11.2 Å². The average Bonchev–Trinajstić information content (AvgIpc) is 2.80. The predicted molar refractivity (Wildman–Crippen MR) is 131 cm³/mol. The van der Waals surface area contributed by atoms with Crippen LogP contribution < -0.4 is 10.2 Å². The van der Waals surface area contributed by atoms with Gasteiger partial charge in [0.15, 0.2) is 0 Å². The Morgan fingerprint density at radius 2 is 1.77 bits per heavy atom. The maximum atomic E-state index is 11.4. The van der Waals surface area contributed by atoms with Crippen molar-refractivity contribution in [2.75, 3.05) is 16.8 Å². The van der Waals surface area contributed by atoms with Crippen molar-refractivity contribution in [3.05, 3.63) is 53.6 Å². The summed E-state index contributed by atoms with van der Waals surface area (Å²) in [6.07, 6.45) is 8.45. The number of hydrogen-bond acceptors (Lipinski definition) is 3. The summed E-state index contributed by atoms with van der Waals surface area (Å²) < 4.78 is 0. The molecule has 0 amide bonds. The van der Waals surface area contributed by atoms with E-state index in [2.05, 4.69) is 73.5 Å². The highest BCUT2D eigenvalue weighted by molar-refractivity contribution is 5.77. The first-order valence-corrected chi connectivity index (χ1v) is 12.0.